The van der Waals surface area contributed by atoms with Gasteiger partial charge in [-0.3, -0.25) is 9.59 Å². The van der Waals surface area contributed by atoms with Crippen molar-refractivity contribution in [1.82, 2.24) is 10.2 Å². The summed E-state index contributed by atoms with van der Waals surface area (Å²) < 4.78 is 0. The molecule has 1 saturated carbocycles. The first kappa shape index (κ1) is 13.1. The van der Waals surface area contributed by atoms with E-state index in [-0.39, 0.29) is 23.7 Å². The zero-order valence-electron chi connectivity index (χ0n) is 10.9. The fourth-order valence-electron chi connectivity index (χ4n) is 2.59. The second-order valence-electron chi connectivity index (χ2n) is 5.22. The first-order chi connectivity index (χ1) is 8.74. The summed E-state index contributed by atoms with van der Waals surface area (Å²) in [6.45, 7) is 5.79. The lowest BCUT2D eigenvalue weighted by atomic mass is 10.2. The van der Waals surface area contributed by atoms with E-state index in [9.17, 15) is 9.59 Å². The summed E-state index contributed by atoms with van der Waals surface area (Å²) in [5.74, 6) is 0.0346. The van der Waals surface area contributed by atoms with Gasteiger partial charge in [-0.05, 0) is 19.3 Å². The molecular weight excluding hydrogens is 228 g/mol. The minimum atomic E-state index is -0.0966. The molecule has 0 aromatic heterocycles. The Morgan fingerprint density at radius 3 is 2.44 bits per heavy atom. The molecule has 0 bridgehead atoms. The number of amides is 2. The van der Waals surface area contributed by atoms with Crippen molar-refractivity contribution in [2.45, 2.75) is 32.1 Å². The quantitative estimate of drug-likeness (QED) is 0.765. The van der Waals surface area contributed by atoms with Crippen molar-refractivity contribution in [3.8, 4) is 0 Å². The summed E-state index contributed by atoms with van der Waals surface area (Å²) in [6, 6.07) is 0. The highest BCUT2D eigenvalue weighted by Crippen LogP contribution is 2.40. The molecular formula is C14H22N2O2. The van der Waals surface area contributed by atoms with Crippen LogP contribution in [0.3, 0.4) is 0 Å². The van der Waals surface area contributed by atoms with Crippen LogP contribution in [0.2, 0.25) is 0 Å². The highest BCUT2D eigenvalue weighted by atomic mass is 16.2. The van der Waals surface area contributed by atoms with Crippen LogP contribution in [0, 0.1) is 11.8 Å². The molecule has 0 aromatic carbocycles. The molecule has 2 fully saturated rings. The Morgan fingerprint density at radius 1 is 1.17 bits per heavy atom. The van der Waals surface area contributed by atoms with Crippen LogP contribution < -0.4 is 5.32 Å². The number of carbonyl (C=O) groups is 2. The molecule has 2 unspecified atom stereocenters. The maximum atomic E-state index is 12.2. The molecule has 4 heteroatoms. The monoisotopic (exact) mass is 250 g/mol. The highest BCUT2D eigenvalue weighted by molar-refractivity contribution is 5.92. The molecule has 2 rings (SSSR count). The third-order valence-electron chi connectivity index (χ3n) is 3.78. The Hall–Kier alpha value is -1.32. The number of hydrogen-bond acceptors (Lipinski definition) is 2. The first-order valence-corrected chi connectivity index (χ1v) is 6.91. The molecule has 1 heterocycles. The van der Waals surface area contributed by atoms with Crippen molar-refractivity contribution in [3.05, 3.63) is 12.7 Å². The summed E-state index contributed by atoms with van der Waals surface area (Å²) in [5, 5.41) is 2.77. The van der Waals surface area contributed by atoms with E-state index >= 15 is 0 Å². The Bertz CT molecular complexity index is 333. The summed E-state index contributed by atoms with van der Waals surface area (Å²) >= 11 is 0. The van der Waals surface area contributed by atoms with Gasteiger partial charge in [-0.15, -0.1) is 6.58 Å². The van der Waals surface area contributed by atoms with Gasteiger partial charge in [0.1, 0.15) is 0 Å². The largest absolute Gasteiger partial charge is 0.352 e. The van der Waals surface area contributed by atoms with Gasteiger partial charge < -0.3 is 10.2 Å². The normalized spacial score (nSPS) is 27.2. The molecule has 0 spiro atoms. The minimum Gasteiger partial charge on any atom is -0.352 e. The Morgan fingerprint density at radius 2 is 1.83 bits per heavy atom. The zero-order chi connectivity index (χ0) is 13.0. The number of carbonyl (C=O) groups excluding carboxylic acids is 2. The predicted molar refractivity (Wildman–Crippen MR) is 69.9 cm³/mol. The van der Waals surface area contributed by atoms with E-state index in [1.54, 1.807) is 6.08 Å². The molecule has 2 aliphatic rings. The lowest BCUT2D eigenvalue weighted by Crippen LogP contribution is -2.35. The summed E-state index contributed by atoms with van der Waals surface area (Å²) in [5.41, 5.74) is 0. The summed E-state index contributed by atoms with van der Waals surface area (Å²) in [6.07, 6.45) is 7.02. The van der Waals surface area contributed by atoms with Gasteiger partial charge in [0, 0.05) is 19.6 Å². The molecule has 2 atom stereocenters. The fourth-order valence-corrected chi connectivity index (χ4v) is 2.59. The molecule has 1 saturated heterocycles. The van der Waals surface area contributed by atoms with Crippen LogP contribution in [-0.4, -0.2) is 36.3 Å². The highest BCUT2D eigenvalue weighted by Gasteiger charge is 2.49. The molecule has 2 amide bonds. The molecule has 100 valence electrons. The van der Waals surface area contributed by atoms with E-state index < -0.39 is 0 Å². The molecule has 0 aromatic rings. The Balaban J connectivity index is 1.80. The smallest absolute Gasteiger partial charge is 0.226 e. The number of rotatable bonds is 4. The van der Waals surface area contributed by atoms with Crippen molar-refractivity contribution < 1.29 is 9.59 Å². The minimum absolute atomic E-state index is 0.00284. The molecule has 1 N–H and O–H groups in total. The molecule has 1 aliphatic carbocycles. The average molecular weight is 250 g/mol. The van der Waals surface area contributed by atoms with E-state index in [1.807, 2.05) is 4.90 Å². The number of likely N-dealkylation sites (tertiary alicyclic amines) is 1. The van der Waals surface area contributed by atoms with Gasteiger partial charge in [-0.2, -0.15) is 0 Å². The van der Waals surface area contributed by atoms with Gasteiger partial charge in [0.15, 0.2) is 0 Å². The molecule has 0 radical (unpaired) electrons. The van der Waals surface area contributed by atoms with E-state index in [4.69, 9.17) is 0 Å². The number of hydrogen-bond donors (Lipinski definition) is 1. The van der Waals surface area contributed by atoms with Crippen molar-refractivity contribution in [2.24, 2.45) is 11.8 Å². The third kappa shape index (κ3) is 3.12. The Labute approximate surface area is 108 Å². The van der Waals surface area contributed by atoms with Crippen molar-refractivity contribution in [1.29, 1.82) is 0 Å². The van der Waals surface area contributed by atoms with Gasteiger partial charge in [-0.25, -0.2) is 0 Å². The molecule has 1 aliphatic heterocycles. The SMILES string of the molecule is C=CCNC(=O)C1CC1C(=O)N1CCCCCC1. The van der Waals surface area contributed by atoms with E-state index in [1.165, 1.54) is 12.8 Å². The van der Waals surface area contributed by atoms with Crippen LogP contribution in [0.25, 0.3) is 0 Å². The maximum Gasteiger partial charge on any atom is 0.226 e. The van der Waals surface area contributed by atoms with Gasteiger partial charge in [0.2, 0.25) is 11.8 Å². The van der Waals surface area contributed by atoms with Gasteiger partial charge in [0.25, 0.3) is 0 Å². The topological polar surface area (TPSA) is 49.4 Å². The maximum absolute atomic E-state index is 12.2. The van der Waals surface area contributed by atoms with Gasteiger partial charge in [-0.1, -0.05) is 18.9 Å². The molecule has 18 heavy (non-hydrogen) atoms. The molecule has 4 nitrogen and oxygen atoms in total. The van der Waals surface area contributed by atoms with Crippen LogP contribution in [0.15, 0.2) is 12.7 Å². The predicted octanol–water partition coefficient (Wildman–Crippen LogP) is 1.33. The fraction of sp³-hybridized carbons (Fsp3) is 0.714. The van der Waals surface area contributed by atoms with Crippen LogP contribution in [0.1, 0.15) is 32.1 Å². The number of nitrogens with one attached hydrogen (secondary N) is 1. The van der Waals surface area contributed by atoms with Gasteiger partial charge in [0.05, 0.1) is 11.8 Å². The van der Waals surface area contributed by atoms with Crippen LogP contribution >= 0.6 is 0 Å². The third-order valence-corrected chi connectivity index (χ3v) is 3.78. The number of nitrogens with zero attached hydrogens (tertiary/aromatic N) is 1. The second kappa shape index (κ2) is 6.03. The van der Waals surface area contributed by atoms with E-state index in [0.717, 1.165) is 32.4 Å². The van der Waals surface area contributed by atoms with Crippen molar-refractivity contribution in [3.63, 3.8) is 0 Å². The second-order valence-corrected chi connectivity index (χ2v) is 5.22. The zero-order valence-corrected chi connectivity index (χ0v) is 10.9. The van der Waals surface area contributed by atoms with E-state index in [2.05, 4.69) is 11.9 Å². The summed E-state index contributed by atoms with van der Waals surface area (Å²) in [4.78, 5) is 25.9. The van der Waals surface area contributed by atoms with Gasteiger partial charge >= 0.3 is 0 Å². The van der Waals surface area contributed by atoms with Crippen LogP contribution in [0.5, 0.6) is 0 Å². The average Bonchev–Trinajstić information content (AvgIpc) is 3.17. The first-order valence-electron chi connectivity index (χ1n) is 6.91. The standard InChI is InChI=1S/C14H22N2O2/c1-2-7-15-13(17)11-10-12(11)14(18)16-8-5-3-4-6-9-16/h2,11-12H,1,3-10H2,(H,15,17). The summed E-state index contributed by atoms with van der Waals surface area (Å²) in [7, 11) is 0. The van der Waals surface area contributed by atoms with Crippen LogP contribution in [0.4, 0.5) is 0 Å². The van der Waals surface area contributed by atoms with Crippen LogP contribution in [-0.2, 0) is 9.59 Å². The Kier molecular flexibility index (Phi) is 4.39. The van der Waals surface area contributed by atoms with E-state index in [0.29, 0.717) is 6.54 Å². The lowest BCUT2D eigenvalue weighted by molar-refractivity contribution is -0.134. The lowest BCUT2D eigenvalue weighted by Gasteiger charge is -2.20. The van der Waals surface area contributed by atoms with Crippen molar-refractivity contribution in [2.75, 3.05) is 19.6 Å². The van der Waals surface area contributed by atoms with Crippen molar-refractivity contribution >= 4 is 11.8 Å².